The summed E-state index contributed by atoms with van der Waals surface area (Å²) in [6.45, 7) is 0.401. The van der Waals surface area contributed by atoms with E-state index < -0.39 is 45.2 Å². The van der Waals surface area contributed by atoms with Gasteiger partial charge in [0.25, 0.3) is 5.69 Å². The van der Waals surface area contributed by atoms with Crippen LogP contribution in [-0.4, -0.2) is 55.9 Å². The van der Waals surface area contributed by atoms with Crippen molar-refractivity contribution in [2.24, 2.45) is 0 Å². The lowest BCUT2D eigenvalue weighted by molar-refractivity contribution is -0.384. The molecule has 2 aromatic rings. The van der Waals surface area contributed by atoms with Crippen LogP contribution in [0.2, 0.25) is 0 Å². The van der Waals surface area contributed by atoms with E-state index in [2.05, 4.69) is 5.32 Å². The number of sulfonamides is 1. The molecule has 0 heterocycles. The summed E-state index contributed by atoms with van der Waals surface area (Å²) in [6.07, 6.45) is 0.850. The number of amides is 2. The summed E-state index contributed by atoms with van der Waals surface area (Å²) in [6, 6.07) is 9.46. The van der Waals surface area contributed by atoms with Crippen LogP contribution in [0.25, 0.3) is 0 Å². The first-order valence-electron chi connectivity index (χ1n) is 9.42. The van der Waals surface area contributed by atoms with Gasteiger partial charge in [0.05, 0.1) is 16.9 Å². The second-order valence-corrected chi connectivity index (χ2v) is 8.86. The number of nitrogens with zero attached hydrogens (tertiary/aromatic N) is 3. The SMILES string of the molecule is CNC(=O)C(C)N(Cc1ccccc1F)C(=O)CN(c1cccc([N+](=O)[O-])c1)S(C)(=O)=O. The van der Waals surface area contributed by atoms with Crippen molar-refractivity contribution in [3.63, 3.8) is 0 Å². The lowest BCUT2D eigenvalue weighted by atomic mass is 10.1. The Morgan fingerprint density at radius 3 is 2.41 bits per heavy atom. The number of nitro benzene ring substituents is 1. The van der Waals surface area contributed by atoms with Gasteiger partial charge in [0.15, 0.2) is 0 Å². The number of halogens is 1. The molecule has 0 aromatic heterocycles. The van der Waals surface area contributed by atoms with E-state index in [4.69, 9.17) is 0 Å². The summed E-state index contributed by atoms with van der Waals surface area (Å²) < 4.78 is 39.7. The van der Waals surface area contributed by atoms with E-state index in [9.17, 15) is 32.5 Å². The zero-order valence-corrected chi connectivity index (χ0v) is 18.5. The van der Waals surface area contributed by atoms with Crippen LogP contribution in [0, 0.1) is 15.9 Å². The quantitative estimate of drug-likeness (QED) is 0.442. The Bertz CT molecular complexity index is 1120. The van der Waals surface area contributed by atoms with Crippen molar-refractivity contribution in [3.05, 3.63) is 70.0 Å². The van der Waals surface area contributed by atoms with E-state index in [0.717, 1.165) is 17.2 Å². The number of nitro groups is 1. The largest absolute Gasteiger partial charge is 0.357 e. The maximum atomic E-state index is 14.2. The molecule has 1 atom stereocenters. The van der Waals surface area contributed by atoms with Gasteiger partial charge in [0, 0.05) is 31.3 Å². The molecule has 2 amide bonds. The van der Waals surface area contributed by atoms with Crippen LogP contribution >= 0.6 is 0 Å². The highest BCUT2D eigenvalue weighted by atomic mass is 32.2. The van der Waals surface area contributed by atoms with E-state index >= 15 is 0 Å². The van der Waals surface area contributed by atoms with E-state index in [1.165, 1.54) is 50.4 Å². The van der Waals surface area contributed by atoms with Crippen molar-refractivity contribution in [1.29, 1.82) is 0 Å². The predicted molar refractivity (Wildman–Crippen MR) is 116 cm³/mol. The third-order valence-electron chi connectivity index (χ3n) is 4.72. The molecule has 0 spiro atoms. The Kier molecular flexibility index (Phi) is 7.87. The Balaban J connectivity index is 2.43. The first-order valence-corrected chi connectivity index (χ1v) is 11.3. The fourth-order valence-corrected chi connectivity index (χ4v) is 3.82. The number of nitrogens with one attached hydrogen (secondary N) is 1. The van der Waals surface area contributed by atoms with Crippen molar-refractivity contribution < 1.29 is 27.3 Å². The Hall–Kier alpha value is -3.54. The number of carbonyl (C=O) groups excluding carboxylic acids is 2. The standard InChI is InChI=1S/C20H23FN4O6S/c1-14(20(27)22-2)23(12-15-7-4-5-10-18(15)21)19(26)13-24(32(3,30)31)16-8-6-9-17(11-16)25(28)29/h4-11,14H,12-13H2,1-3H3,(H,22,27). The molecule has 1 unspecified atom stereocenters. The van der Waals surface area contributed by atoms with Crippen molar-refractivity contribution >= 4 is 33.2 Å². The highest BCUT2D eigenvalue weighted by molar-refractivity contribution is 7.92. The third kappa shape index (κ3) is 6.00. The van der Waals surface area contributed by atoms with Crippen LogP contribution in [0.4, 0.5) is 15.8 Å². The Morgan fingerprint density at radius 2 is 1.84 bits per heavy atom. The maximum Gasteiger partial charge on any atom is 0.271 e. The van der Waals surface area contributed by atoms with Gasteiger partial charge in [0.1, 0.15) is 18.4 Å². The molecular formula is C20H23FN4O6S. The van der Waals surface area contributed by atoms with E-state index in [1.54, 1.807) is 6.07 Å². The predicted octanol–water partition coefficient (Wildman–Crippen LogP) is 1.66. The molecule has 2 aromatic carbocycles. The van der Waals surface area contributed by atoms with Gasteiger partial charge in [-0.15, -0.1) is 0 Å². The fourth-order valence-electron chi connectivity index (χ4n) is 2.98. The first kappa shape index (κ1) is 24.7. The molecule has 0 aliphatic carbocycles. The summed E-state index contributed by atoms with van der Waals surface area (Å²) in [5, 5.41) is 13.5. The number of hydrogen-bond donors (Lipinski definition) is 1. The summed E-state index contributed by atoms with van der Waals surface area (Å²) in [7, 11) is -2.66. The molecule has 12 heteroatoms. The minimum atomic E-state index is -4.03. The van der Waals surface area contributed by atoms with Gasteiger partial charge < -0.3 is 10.2 Å². The van der Waals surface area contributed by atoms with E-state index in [0.29, 0.717) is 4.31 Å². The van der Waals surface area contributed by atoms with Crippen LogP contribution < -0.4 is 9.62 Å². The normalized spacial score (nSPS) is 12.0. The molecule has 172 valence electrons. The summed E-state index contributed by atoms with van der Waals surface area (Å²) in [4.78, 5) is 36.8. The molecule has 32 heavy (non-hydrogen) atoms. The van der Waals surface area contributed by atoms with Crippen LogP contribution in [0.1, 0.15) is 12.5 Å². The molecule has 0 bridgehead atoms. The number of rotatable bonds is 9. The maximum absolute atomic E-state index is 14.2. The number of likely N-dealkylation sites (N-methyl/N-ethyl adjacent to an activating group) is 1. The monoisotopic (exact) mass is 466 g/mol. The lowest BCUT2D eigenvalue weighted by Crippen LogP contribution is -2.50. The molecule has 0 saturated carbocycles. The van der Waals surface area contributed by atoms with Gasteiger partial charge >= 0.3 is 0 Å². The average molecular weight is 466 g/mol. The molecule has 2 rings (SSSR count). The topological polar surface area (TPSA) is 130 Å². The minimum absolute atomic E-state index is 0.0894. The zero-order valence-electron chi connectivity index (χ0n) is 17.7. The smallest absolute Gasteiger partial charge is 0.271 e. The Morgan fingerprint density at radius 1 is 1.19 bits per heavy atom. The van der Waals surface area contributed by atoms with Gasteiger partial charge in [-0.2, -0.15) is 0 Å². The molecule has 0 radical (unpaired) electrons. The number of hydrogen-bond acceptors (Lipinski definition) is 6. The van der Waals surface area contributed by atoms with Gasteiger partial charge in [0.2, 0.25) is 21.8 Å². The molecular weight excluding hydrogens is 443 g/mol. The fraction of sp³-hybridized carbons (Fsp3) is 0.300. The first-order chi connectivity index (χ1) is 15.0. The van der Waals surface area contributed by atoms with Gasteiger partial charge in [-0.25, -0.2) is 12.8 Å². The lowest BCUT2D eigenvalue weighted by Gasteiger charge is -2.31. The molecule has 0 aliphatic heterocycles. The van der Waals surface area contributed by atoms with Crippen LogP contribution in [-0.2, 0) is 26.2 Å². The van der Waals surface area contributed by atoms with Crippen LogP contribution in [0.3, 0.4) is 0 Å². The van der Waals surface area contributed by atoms with Crippen LogP contribution in [0.15, 0.2) is 48.5 Å². The second-order valence-electron chi connectivity index (χ2n) is 6.95. The summed E-state index contributed by atoms with van der Waals surface area (Å²) in [5.41, 5.74) is -0.308. The third-order valence-corrected chi connectivity index (χ3v) is 5.86. The number of benzene rings is 2. The second kappa shape index (κ2) is 10.2. The summed E-state index contributed by atoms with van der Waals surface area (Å²) >= 11 is 0. The Labute approximate surface area is 184 Å². The van der Waals surface area contributed by atoms with Gasteiger partial charge in [-0.3, -0.25) is 24.0 Å². The summed E-state index contributed by atoms with van der Waals surface area (Å²) in [5.74, 6) is -1.91. The number of carbonyl (C=O) groups is 2. The minimum Gasteiger partial charge on any atom is -0.357 e. The molecule has 0 saturated heterocycles. The van der Waals surface area contributed by atoms with E-state index in [-0.39, 0.29) is 23.5 Å². The average Bonchev–Trinajstić information content (AvgIpc) is 2.74. The highest BCUT2D eigenvalue weighted by Crippen LogP contribution is 2.24. The highest BCUT2D eigenvalue weighted by Gasteiger charge is 2.30. The number of anilines is 1. The van der Waals surface area contributed by atoms with Crippen molar-refractivity contribution in [2.75, 3.05) is 24.2 Å². The molecule has 0 fully saturated rings. The van der Waals surface area contributed by atoms with Crippen molar-refractivity contribution in [1.82, 2.24) is 10.2 Å². The number of non-ortho nitro benzene ring substituents is 1. The van der Waals surface area contributed by atoms with E-state index in [1.807, 2.05) is 0 Å². The van der Waals surface area contributed by atoms with Crippen molar-refractivity contribution in [2.45, 2.75) is 19.5 Å². The van der Waals surface area contributed by atoms with Gasteiger partial charge in [-0.1, -0.05) is 24.3 Å². The van der Waals surface area contributed by atoms with Crippen molar-refractivity contribution in [3.8, 4) is 0 Å². The van der Waals surface area contributed by atoms with Gasteiger partial charge in [-0.05, 0) is 19.1 Å². The molecule has 0 aliphatic rings. The van der Waals surface area contributed by atoms with Crippen LogP contribution in [0.5, 0.6) is 0 Å². The zero-order chi connectivity index (χ0) is 24.1. The molecule has 1 N–H and O–H groups in total. The molecule has 10 nitrogen and oxygen atoms in total.